The summed E-state index contributed by atoms with van der Waals surface area (Å²) in [6, 6.07) is 0. The molecule has 1 heterocycles. The van der Waals surface area contributed by atoms with Gasteiger partial charge in [-0.1, -0.05) is 39.5 Å². The first-order chi connectivity index (χ1) is 7.29. The molecule has 0 bridgehead atoms. The van der Waals surface area contributed by atoms with Crippen LogP contribution in [0.1, 0.15) is 27.2 Å². The normalized spacial score (nSPS) is 11.9. The number of hydrogen-bond donors (Lipinski definition) is 1. The van der Waals surface area contributed by atoms with Gasteiger partial charge < -0.3 is 4.98 Å². The molecule has 82 valence electrons. The van der Waals surface area contributed by atoms with E-state index < -0.39 is 0 Å². The van der Waals surface area contributed by atoms with Crippen molar-refractivity contribution in [3.8, 4) is 0 Å². The molecule has 3 heteroatoms. The Labute approximate surface area is 89.9 Å². The third kappa shape index (κ3) is 3.94. The van der Waals surface area contributed by atoms with Crippen molar-refractivity contribution in [3.05, 3.63) is 39.9 Å². The van der Waals surface area contributed by atoms with Gasteiger partial charge in [0.25, 0.3) is 5.56 Å². The summed E-state index contributed by atoms with van der Waals surface area (Å²) in [6.07, 6.45) is 7.41. The van der Waals surface area contributed by atoms with Crippen molar-refractivity contribution >= 4 is 12.2 Å². The lowest BCUT2D eigenvalue weighted by Gasteiger charge is -1.87. The second kappa shape index (κ2) is 7.74. The van der Waals surface area contributed by atoms with E-state index >= 15 is 0 Å². The molecular formula is C12H18N2O. The molecule has 1 aromatic rings. The van der Waals surface area contributed by atoms with E-state index in [0.29, 0.717) is 10.6 Å². The first-order valence-electron chi connectivity index (χ1n) is 5.16. The van der Waals surface area contributed by atoms with Crippen molar-refractivity contribution in [2.45, 2.75) is 27.2 Å². The summed E-state index contributed by atoms with van der Waals surface area (Å²) < 4.78 is 0. The molecule has 0 saturated heterocycles. The van der Waals surface area contributed by atoms with Crippen LogP contribution in [0, 0.1) is 0 Å². The Morgan fingerprint density at radius 3 is 2.73 bits per heavy atom. The first kappa shape index (κ1) is 13.4. The zero-order valence-corrected chi connectivity index (χ0v) is 9.58. The molecule has 0 aliphatic heterocycles. The Balaban J connectivity index is 0.000000921. The maximum Gasteiger partial charge on any atom is 0.258 e. The maximum absolute atomic E-state index is 11.3. The number of nitrogens with zero attached hydrogens (tertiary/aromatic N) is 1. The molecule has 0 radical (unpaired) electrons. The van der Waals surface area contributed by atoms with Gasteiger partial charge in [0.2, 0.25) is 0 Å². The third-order valence-corrected chi connectivity index (χ3v) is 1.60. The smallest absolute Gasteiger partial charge is 0.258 e. The van der Waals surface area contributed by atoms with Crippen molar-refractivity contribution < 1.29 is 0 Å². The van der Waals surface area contributed by atoms with Crippen LogP contribution in [0.5, 0.6) is 0 Å². The number of rotatable bonds is 2. The van der Waals surface area contributed by atoms with Crippen molar-refractivity contribution in [3.63, 3.8) is 0 Å². The summed E-state index contributed by atoms with van der Waals surface area (Å²) in [4.78, 5) is 17.9. The van der Waals surface area contributed by atoms with Crippen LogP contribution in [0.2, 0.25) is 0 Å². The minimum Gasteiger partial charge on any atom is -0.313 e. The van der Waals surface area contributed by atoms with E-state index in [2.05, 4.69) is 16.5 Å². The SMILES string of the molecule is C=C/C=c1/c(=O)[nH]cn/c1=C/CC.CC. The van der Waals surface area contributed by atoms with Crippen LogP contribution in [0.4, 0.5) is 0 Å². The Bertz CT molecular complexity index is 457. The summed E-state index contributed by atoms with van der Waals surface area (Å²) in [6.45, 7) is 9.55. The number of H-pyrrole nitrogens is 1. The number of hydrogen-bond acceptors (Lipinski definition) is 2. The standard InChI is InChI=1S/C10H12N2O.C2H6/c1-3-5-8-9(6-4-2)11-7-12-10(8)13;1-2/h3,5-7H,1,4H2,2H3,(H,11,12,13);1-2H3/b8-5+,9-6+;. The Morgan fingerprint density at radius 2 is 2.20 bits per heavy atom. The molecule has 0 fully saturated rings. The Hall–Kier alpha value is -1.64. The topological polar surface area (TPSA) is 45.8 Å². The molecule has 1 N–H and O–H groups in total. The van der Waals surface area contributed by atoms with Crippen molar-refractivity contribution in [1.29, 1.82) is 0 Å². The highest BCUT2D eigenvalue weighted by atomic mass is 16.1. The number of nitrogens with one attached hydrogen (secondary N) is 1. The van der Waals surface area contributed by atoms with E-state index in [4.69, 9.17) is 0 Å². The molecule has 1 rings (SSSR count). The van der Waals surface area contributed by atoms with E-state index in [9.17, 15) is 4.79 Å². The number of aromatic nitrogens is 2. The van der Waals surface area contributed by atoms with Gasteiger partial charge in [-0.15, -0.1) is 0 Å². The van der Waals surface area contributed by atoms with Crippen molar-refractivity contribution in [2.75, 3.05) is 0 Å². The van der Waals surface area contributed by atoms with Gasteiger partial charge in [-0.25, -0.2) is 4.98 Å². The van der Waals surface area contributed by atoms with Crippen LogP contribution in [-0.4, -0.2) is 9.97 Å². The fraction of sp³-hybridized carbons (Fsp3) is 0.333. The lowest BCUT2D eigenvalue weighted by Crippen LogP contribution is -2.42. The average Bonchev–Trinajstić information content (AvgIpc) is 2.26. The largest absolute Gasteiger partial charge is 0.313 e. The molecule has 0 aliphatic carbocycles. The molecular weight excluding hydrogens is 188 g/mol. The Morgan fingerprint density at radius 1 is 1.53 bits per heavy atom. The third-order valence-electron chi connectivity index (χ3n) is 1.60. The molecule has 0 saturated carbocycles. The van der Waals surface area contributed by atoms with Gasteiger partial charge in [-0.05, 0) is 12.5 Å². The van der Waals surface area contributed by atoms with Crippen LogP contribution in [0.15, 0.2) is 23.8 Å². The predicted octanol–water partition coefficient (Wildman–Crippen LogP) is 0.953. The molecule has 0 atom stereocenters. The van der Waals surface area contributed by atoms with E-state index in [1.807, 2.05) is 26.8 Å². The molecule has 0 aromatic carbocycles. The fourth-order valence-electron chi connectivity index (χ4n) is 1.06. The van der Waals surface area contributed by atoms with Gasteiger partial charge in [-0.2, -0.15) is 0 Å². The molecule has 0 aliphatic rings. The van der Waals surface area contributed by atoms with E-state index in [0.717, 1.165) is 6.42 Å². The fourth-order valence-corrected chi connectivity index (χ4v) is 1.06. The summed E-state index contributed by atoms with van der Waals surface area (Å²) in [5.74, 6) is 0. The summed E-state index contributed by atoms with van der Waals surface area (Å²) in [5, 5.41) is 1.28. The zero-order chi connectivity index (χ0) is 11.7. The predicted molar refractivity (Wildman–Crippen MR) is 64.9 cm³/mol. The van der Waals surface area contributed by atoms with Crippen molar-refractivity contribution in [2.24, 2.45) is 0 Å². The second-order valence-electron chi connectivity index (χ2n) is 2.55. The molecule has 15 heavy (non-hydrogen) atoms. The monoisotopic (exact) mass is 206 g/mol. The lowest BCUT2D eigenvalue weighted by molar-refractivity contribution is 1.04. The highest BCUT2D eigenvalue weighted by Gasteiger charge is 1.89. The molecule has 3 nitrogen and oxygen atoms in total. The first-order valence-corrected chi connectivity index (χ1v) is 5.16. The maximum atomic E-state index is 11.3. The number of aromatic amines is 1. The molecule has 0 spiro atoms. The van der Waals surface area contributed by atoms with E-state index in [1.165, 1.54) is 6.33 Å². The van der Waals surface area contributed by atoms with E-state index in [1.54, 1.807) is 12.2 Å². The highest BCUT2D eigenvalue weighted by molar-refractivity contribution is 5.35. The van der Waals surface area contributed by atoms with Gasteiger partial charge in [0.15, 0.2) is 0 Å². The van der Waals surface area contributed by atoms with E-state index in [-0.39, 0.29) is 5.56 Å². The van der Waals surface area contributed by atoms with Gasteiger partial charge in [-0.3, -0.25) is 4.79 Å². The summed E-state index contributed by atoms with van der Waals surface area (Å²) in [5.41, 5.74) is -0.130. The Kier molecular flexibility index (Phi) is 6.89. The minimum absolute atomic E-state index is 0.130. The van der Waals surface area contributed by atoms with Gasteiger partial charge in [0, 0.05) is 0 Å². The van der Waals surface area contributed by atoms with Crippen LogP contribution in [0.3, 0.4) is 0 Å². The summed E-state index contributed by atoms with van der Waals surface area (Å²) in [7, 11) is 0. The molecule has 1 aromatic heterocycles. The second-order valence-corrected chi connectivity index (χ2v) is 2.55. The summed E-state index contributed by atoms with van der Waals surface area (Å²) >= 11 is 0. The van der Waals surface area contributed by atoms with Crippen LogP contribution in [0.25, 0.3) is 12.2 Å². The lowest BCUT2D eigenvalue weighted by atomic mass is 10.3. The zero-order valence-electron chi connectivity index (χ0n) is 9.58. The molecule has 0 amide bonds. The average molecular weight is 206 g/mol. The van der Waals surface area contributed by atoms with Gasteiger partial charge in [0.1, 0.15) is 0 Å². The quantitative estimate of drug-likeness (QED) is 0.783. The van der Waals surface area contributed by atoms with Gasteiger partial charge >= 0.3 is 0 Å². The van der Waals surface area contributed by atoms with Gasteiger partial charge in [0.05, 0.1) is 16.9 Å². The van der Waals surface area contributed by atoms with Crippen LogP contribution < -0.4 is 16.1 Å². The minimum atomic E-state index is -0.130. The highest BCUT2D eigenvalue weighted by Crippen LogP contribution is 1.70. The van der Waals surface area contributed by atoms with Crippen molar-refractivity contribution in [1.82, 2.24) is 9.97 Å². The van der Waals surface area contributed by atoms with Crippen LogP contribution in [-0.2, 0) is 0 Å². The van der Waals surface area contributed by atoms with Crippen LogP contribution >= 0.6 is 0 Å². The number of allylic oxidation sites excluding steroid dienone is 1. The molecule has 0 unspecified atom stereocenters.